The van der Waals surface area contributed by atoms with E-state index in [2.05, 4.69) is 0 Å². The highest BCUT2D eigenvalue weighted by molar-refractivity contribution is 8.76. The van der Waals surface area contributed by atoms with Gasteiger partial charge in [-0.25, -0.2) is 0 Å². The molecule has 0 rings (SSSR count). The molecule has 98 valence electrons. The molecule has 4 N–H and O–H groups in total. The van der Waals surface area contributed by atoms with E-state index < -0.39 is 12.2 Å². The van der Waals surface area contributed by atoms with Crippen molar-refractivity contribution in [2.45, 2.75) is 37.9 Å². The topological polar surface area (TPSA) is 80.9 Å². The molecule has 0 bridgehead atoms. The molecule has 6 heteroatoms. The summed E-state index contributed by atoms with van der Waals surface area (Å²) in [5.74, 6) is 1.57. The third-order valence-electron chi connectivity index (χ3n) is 2.03. The van der Waals surface area contributed by atoms with Crippen molar-refractivity contribution in [3.63, 3.8) is 0 Å². The summed E-state index contributed by atoms with van der Waals surface area (Å²) in [5.41, 5.74) is 0. The molecular formula is C10H22O4S2. The molecule has 0 aliphatic heterocycles. The summed E-state index contributed by atoms with van der Waals surface area (Å²) in [7, 11) is 3.27. The number of aliphatic hydroxyl groups is 4. The van der Waals surface area contributed by atoms with Gasteiger partial charge < -0.3 is 20.4 Å². The lowest BCUT2D eigenvalue weighted by Crippen LogP contribution is -2.13. The van der Waals surface area contributed by atoms with Crippen LogP contribution in [0.2, 0.25) is 0 Å². The minimum absolute atomic E-state index is 0.149. The average molecular weight is 270 g/mol. The van der Waals surface area contributed by atoms with Crippen LogP contribution in [-0.2, 0) is 0 Å². The van der Waals surface area contributed by atoms with E-state index in [0.717, 1.165) is 25.0 Å². The lowest BCUT2D eigenvalue weighted by molar-refractivity contribution is 0.0861. The van der Waals surface area contributed by atoms with E-state index in [1.807, 2.05) is 0 Å². The summed E-state index contributed by atoms with van der Waals surface area (Å²) in [6, 6.07) is 0. The highest BCUT2D eigenvalue weighted by atomic mass is 33.1. The van der Waals surface area contributed by atoms with Crippen molar-refractivity contribution in [2.75, 3.05) is 24.7 Å². The fourth-order valence-corrected chi connectivity index (χ4v) is 3.31. The molecule has 2 unspecified atom stereocenters. The molecule has 16 heavy (non-hydrogen) atoms. The van der Waals surface area contributed by atoms with Gasteiger partial charge in [-0.3, -0.25) is 0 Å². The first-order chi connectivity index (χ1) is 7.70. The lowest BCUT2D eigenvalue weighted by atomic mass is 10.1. The van der Waals surface area contributed by atoms with Crippen molar-refractivity contribution in [1.82, 2.24) is 0 Å². The van der Waals surface area contributed by atoms with Gasteiger partial charge in [-0.05, 0) is 12.8 Å². The van der Waals surface area contributed by atoms with Crippen molar-refractivity contribution < 1.29 is 20.4 Å². The van der Waals surface area contributed by atoms with Crippen molar-refractivity contribution in [1.29, 1.82) is 0 Å². The first-order valence-corrected chi connectivity index (χ1v) is 8.01. The second kappa shape index (κ2) is 12.0. The molecule has 0 aromatic heterocycles. The minimum Gasteiger partial charge on any atom is -0.394 e. The third kappa shape index (κ3) is 11.0. The van der Waals surface area contributed by atoms with E-state index in [9.17, 15) is 0 Å². The summed E-state index contributed by atoms with van der Waals surface area (Å²) in [6.45, 7) is -0.323. The number of unbranched alkanes of at least 4 members (excludes halogenated alkanes) is 2. The molecule has 0 spiro atoms. The van der Waals surface area contributed by atoms with Crippen LogP contribution in [0.25, 0.3) is 0 Å². The molecule has 0 fully saturated rings. The average Bonchev–Trinajstić information content (AvgIpc) is 2.31. The molecule has 0 saturated carbocycles. The maximum absolute atomic E-state index is 9.08. The molecule has 0 amide bonds. The smallest absolute Gasteiger partial charge is 0.0869 e. The molecule has 0 aromatic rings. The number of rotatable bonds is 11. The normalized spacial score (nSPS) is 15.0. The van der Waals surface area contributed by atoms with Gasteiger partial charge in [0.05, 0.1) is 25.4 Å². The molecule has 0 saturated heterocycles. The van der Waals surface area contributed by atoms with Crippen LogP contribution in [0.5, 0.6) is 0 Å². The summed E-state index contributed by atoms with van der Waals surface area (Å²) in [4.78, 5) is 0. The Bertz CT molecular complexity index is 133. The standard InChI is InChI=1S/C10H22O4S2/c11-6-9(13)4-2-1-3-5-15-16-8-10(14)7-12/h9-14H,1-8H2. The highest BCUT2D eigenvalue weighted by Gasteiger charge is 2.02. The Morgan fingerprint density at radius 3 is 2.12 bits per heavy atom. The van der Waals surface area contributed by atoms with Crippen molar-refractivity contribution in [3.8, 4) is 0 Å². The molecule has 0 heterocycles. The fourth-order valence-electron chi connectivity index (χ4n) is 1.05. The van der Waals surface area contributed by atoms with Gasteiger partial charge in [0.2, 0.25) is 0 Å². The Morgan fingerprint density at radius 1 is 0.812 bits per heavy atom. The van der Waals surface area contributed by atoms with E-state index in [-0.39, 0.29) is 13.2 Å². The Kier molecular flexibility index (Phi) is 12.4. The Hall–Kier alpha value is 0.540. The fraction of sp³-hybridized carbons (Fsp3) is 1.00. The molecule has 4 nitrogen and oxygen atoms in total. The zero-order valence-electron chi connectivity index (χ0n) is 9.42. The highest BCUT2D eigenvalue weighted by Crippen LogP contribution is 2.23. The molecule has 0 aliphatic rings. The van der Waals surface area contributed by atoms with Crippen LogP contribution in [0, 0.1) is 0 Å². The predicted molar refractivity (Wildman–Crippen MR) is 69.6 cm³/mol. The van der Waals surface area contributed by atoms with Gasteiger partial charge in [0.1, 0.15) is 0 Å². The van der Waals surface area contributed by atoms with Crippen LogP contribution in [0.3, 0.4) is 0 Å². The van der Waals surface area contributed by atoms with Crippen molar-refractivity contribution in [3.05, 3.63) is 0 Å². The van der Waals surface area contributed by atoms with E-state index in [1.54, 1.807) is 21.6 Å². The van der Waals surface area contributed by atoms with Gasteiger partial charge in [0, 0.05) is 11.5 Å². The van der Waals surface area contributed by atoms with E-state index in [1.165, 1.54) is 0 Å². The van der Waals surface area contributed by atoms with Crippen LogP contribution in [0.4, 0.5) is 0 Å². The van der Waals surface area contributed by atoms with Crippen LogP contribution in [0.1, 0.15) is 25.7 Å². The largest absolute Gasteiger partial charge is 0.394 e. The van der Waals surface area contributed by atoms with Gasteiger partial charge in [0.25, 0.3) is 0 Å². The second-order valence-corrected chi connectivity index (χ2v) is 6.26. The SMILES string of the molecule is OCC(O)CCCCCSSCC(O)CO. The van der Waals surface area contributed by atoms with Crippen molar-refractivity contribution in [2.24, 2.45) is 0 Å². The van der Waals surface area contributed by atoms with Crippen LogP contribution in [-0.4, -0.2) is 57.4 Å². The summed E-state index contributed by atoms with van der Waals surface area (Å²) < 4.78 is 0. The predicted octanol–water partition coefficient (Wildman–Crippen LogP) is 0.635. The van der Waals surface area contributed by atoms with Crippen LogP contribution in [0.15, 0.2) is 0 Å². The Labute approximate surface area is 105 Å². The quantitative estimate of drug-likeness (QED) is 0.326. The van der Waals surface area contributed by atoms with Crippen molar-refractivity contribution >= 4 is 21.6 Å². The van der Waals surface area contributed by atoms with Gasteiger partial charge in [-0.15, -0.1) is 0 Å². The lowest BCUT2D eigenvalue weighted by Gasteiger charge is -2.07. The monoisotopic (exact) mass is 270 g/mol. The number of aliphatic hydroxyl groups excluding tert-OH is 4. The summed E-state index contributed by atoms with van der Waals surface area (Å²) in [5, 5.41) is 35.3. The molecule has 0 radical (unpaired) electrons. The van der Waals surface area contributed by atoms with Crippen LogP contribution >= 0.6 is 21.6 Å². The molecule has 0 aromatic carbocycles. The zero-order chi connectivity index (χ0) is 12.2. The van der Waals surface area contributed by atoms with E-state index >= 15 is 0 Å². The second-order valence-electron chi connectivity index (χ2n) is 3.63. The number of hydrogen-bond acceptors (Lipinski definition) is 6. The first kappa shape index (κ1) is 16.5. The zero-order valence-corrected chi connectivity index (χ0v) is 11.0. The molecule has 2 atom stereocenters. The van der Waals surface area contributed by atoms with Gasteiger partial charge in [-0.1, -0.05) is 34.4 Å². The Balaban J connectivity index is 3.04. The van der Waals surface area contributed by atoms with Gasteiger partial charge >= 0.3 is 0 Å². The summed E-state index contributed by atoms with van der Waals surface area (Å²) >= 11 is 0. The maximum Gasteiger partial charge on any atom is 0.0869 e. The first-order valence-electron chi connectivity index (χ1n) is 5.53. The minimum atomic E-state index is -0.614. The van der Waals surface area contributed by atoms with Crippen LogP contribution < -0.4 is 0 Å². The summed E-state index contributed by atoms with van der Waals surface area (Å²) in [6.07, 6.45) is 2.54. The van der Waals surface area contributed by atoms with E-state index in [4.69, 9.17) is 20.4 Å². The molecular weight excluding hydrogens is 248 g/mol. The molecule has 0 aliphatic carbocycles. The maximum atomic E-state index is 9.08. The van der Waals surface area contributed by atoms with Gasteiger partial charge in [0.15, 0.2) is 0 Å². The van der Waals surface area contributed by atoms with E-state index in [0.29, 0.717) is 12.2 Å². The van der Waals surface area contributed by atoms with Gasteiger partial charge in [-0.2, -0.15) is 0 Å². The third-order valence-corrected chi connectivity index (χ3v) is 4.58. The Morgan fingerprint density at radius 2 is 1.50 bits per heavy atom. The number of hydrogen-bond donors (Lipinski definition) is 4.